The Bertz CT molecular complexity index is 1310. The van der Waals surface area contributed by atoms with Gasteiger partial charge >= 0.3 is 5.97 Å². The molecule has 0 saturated heterocycles. The fourth-order valence-corrected chi connectivity index (χ4v) is 4.91. The molecule has 0 spiro atoms. The zero-order valence-electron chi connectivity index (χ0n) is 23.5. The molecule has 0 saturated carbocycles. The summed E-state index contributed by atoms with van der Waals surface area (Å²) in [6.07, 6.45) is 7.78. The maximum Gasteiger partial charge on any atom is 0.326 e. The Morgan fingerprint density at radius 2 is 1.76 bits per heavy atom. The van der Waals surface area contributed by atoms with Crippen molar-refractivity contribution in [3.63, 3.8) is 0 Å². The number of benzene rings is 1. The van der Waals surface area contributed by atoms with Crippen LogP contribution in [0.4, 0.5) is 0 Å². The van der Waals surface area contributed by atoms with Gasteiger partial charge in [-0.05, 0) is 36.0 Å². The number of hydrogen-bond acceptors (Lipinski definition) is 7. The average Bonchev–Trinajstić information content (AvgIpc) is 3.63. The predicted octanol–water partition coefficient (Wildman–Crippen LogP) is 1.34. The number of fused-ring (bicyclic) bond motifs is 1. The van der Waals surface area contributed by atoms with E-state index in [9.17, 15) is 24.3 Å². The fraction of sp³-hybridized carbons (Fsp3) is 0.464. The van der Waals surface area contributed by atoms with Crippen molar-refractivity contribution in [3.8, 4) is 0 Å². The lowest BCUT2D eigenvalue weighted by Gasteiger charge is -2.28. The number of carboxylic acid groups (broad SMARTS) is 1. The highest BCUT2D eigenvalue weighted by Crippen LogP contribution is 2.19. The number of nitrogens with one attached hydrogen (secondary N) is 5. The highest BCUT2D eigenvalue weighted by atomic mass is 32.2. The molecule has 5 unspecified atom stereocenters. The minimum atomic E-state index is -1.22. The van der Waals surface area contributed by atoms with Crippen molar-refractivity contribution in [3.05, 3.63) is 54.2 Å². The van der Waals surface area contributed by atoms with E-state index >= 15 is 0 Å². The maximum atomic E-state index is 13.5. The molecular weight excluding hydrogens is 546 g/mol. The number of imidazole rings is 1. The second-order valence-corrected chi connectivity index (χ2v) is 11.1. The molecule has 3 rings (SSSR count). The van der Waals surface area contributed by atoms with Gasteiger partial charge in [0.25, 0.3) is 0 Å². The van der Waals surface area contributed by atoms with Crippen molar-refractivity contribution in [1.82, 2.24) is 30.9 Å². The third-order valence-electron chi connectivity index (χ3n) is 7.09. The van der Waals surface area contributed by atoms with Crippen molar-refractivity contribution >= 4 is 46.4 Å². The van der Waals surface area contributed by atoms with E-state index < -0.39 is 47.9 Å². The van der Waals surface area contributed by atoms with Gasteiger partial charge in [-0.1, -0.05) is 38.5 Å². The van der Waals surface area contributed by atoms with Crippen molar-refractivity contribution in [2.24, 2.45) is 11.7 Å². The van der Waals surface area contributed by atoms with Crippen molar-refractivity contribution in [2.75, 3.05) is 12.0 Å². The zero-order valence-corrected chi connectivity index (χ0v) is 24.3. The average molecular weight is 586 g/mol. The summed E-state index contributed by atoms with van der Waals surface area (Å²) < 4.78 is 0. The molecule has 3 amide bonds. The van der Waals surface area contributed by atoms with Crippen LogP contribution in [0.15, 0.2) is 43.0 Å². The number of aromatic amines is 2. The first-order chi connectivity index (χ1) is 19.6. The number of thioether (sulfide) groups is 1. The summed E-state index contributed by atoms with van der Waals surface area (Å²) in [5.74, 6) is -2.52. The lowest BCUT2D eigenvalue weighted by atomic mass is 9.96. The second kappa shape index (κ2) is 15.2. The fourth-order valence-electron chi connectivity index (χ4n) is 4.42. The molecule has 2 aromatic heterocycles. The van der Waals surface area contributed by atoms with Gasteiger partial charge in [-0.25, -0.2) is 9.78 Å². The number of H-pyrrole nitrogens is 2. The molecular formula is C28H39N7O5S. The summed E-state index contributed by atoms with van der Waals surface area (Å²) in [7, 11) is 0. The van der Waals surface area contributed by atoms with Gasteiger partial charge in [0.15, 0.2) is 0 Å². The van der Waals surface area contributed by atoms with E-state index in [2.05, 4.69) is 30.9 Å². The first kappa shape index (κ1) is 31.7. The largest absolute Gasteiger partial charge is 0.480 e. The zero-order chi connectivity index (χ0) is 29.9. The minimum Gasteiger partial charge on any atom is -0.480 e. The van der Waals surface area contributed by atoms with Gasteiger partial charge in [0, 0.05) is 41.8 Å². The van der Waals surface area contributed by atoms with Crippen LogP contribution in [0.25, 0.3) is 10.9 Å². The van der Waals surface area contributed by atoms with E-state index in [1.165, 1.54) is 6.33 Å². The van der Waals surface area contributed by atoms with Crippen LogP contribution in [0, 0.1) is 5.92 Å². The molecule has 0 aliphatic heterocycles. The smallest absolute Gasteiger partial charge is 0.326 e. The maximum absolute atomic E-state index is 13.5. The van der Waals surface area contributed by atoms with Gasteiger partial charge in [0.2, 0.25) is 17.7 Å². The van der Waals surface area contributed by atoms with Gasteiger partial charge < -0.3 is 36.8 Å². The highest BCUT2D eigenvalue weighted by Gasteiger charge is 2.33. The number of nitrogens with two attached hydrogens (primary N) is 1. The number of carboxylic acids is 1. The highest BCUT2D eigenvalue weighted by molar-refractivity contribution is 7.98. The number of hydrogen-bond donors (Lipinski definition) is 7. The van der Waals surface area contributed by atoms with Gasteiger partial charge in [-0.15, -0.1) is 0 Å². The molecule has 5 atom stereocenters. The van der Waals surface area contributed by atoms with Crippen LogP contribution >= 0.6 is 11.8 Å². The van der Waals surface area contributed by atoms with E-state index in [1.54, 1.807) is 31.1 Å². The molecule has 0 aliphatic carbocycles. The quantitative estimate of drug-likeness (QED) is 0.131. The summed E-state index contributed by atoms with van der Waals surface area (Å²) in [5, 5.41) is 18.9. The Morgan fingerprint density at radius 3 is 2.41 bits per heavy atom. The number of rotatable bonds is 16. The number of carbonyl (C=O) groups excluding carboxylic acids is 3. The van der Waals surface area contributed by atoms with Crippen LogP contribution in [0.3, 0.4) is 0 Å². The third-order valence-corrected chi connectivity index (χ3v) is 7.73. The first-order valence-electron chi connectivity index (χ1n) is 13.5. The van der Waals surface area contributed by atoms with Crippen molar-refractivity contribution < 1.29 is 24.3 Å². The Kier molecular flexibility index (Phi) is 11.8. The van der Waals surface area contributed by atoms with E-state index in [1.807, 2.05) is 37.4 Å². The summed E-state index contributed by atoms with van der Waals surface area (Å²) >= 11 is 1.56. The molecule has 3 aromatic rings. The molecule has 0 aliphatic rings. The molecule has 41 heavy (non-hydrogen) atoms. The van der Waals surface area contributed by atoms with E-state index in [4.69, 9.17) is 5.73 Å². The topological polar surface area (TPSA) is 195 Å². The standard InChI is InChI=1S/C28H39N7O5S/c1-4-16(2)24(27(38)34-23(28(39)40)11-17-13-31-21-8-6-5-7-19(17)21)35-26(37)22(12-18-14-30-15-32-18)33-25(36)20(29)9-10-41-3/h5-8,13-16,20,22-24,31H,4,9-12,29H2,1-3H3,(H,30,32)(H,33,36)(H,34,38)(H,35,37)(H,39,40). The van der Waals surface area contributed by atoms with Crippen LogP contribution in [-0.2, 0) is 32.0 Å². The van der Waals surface area contributed by atoms with Gasteiger partial charge in [-0.3, -0.25) is 14.4 Å². The Labute approximate surface area is 243 Å². The minimum absolute atomic E-state index is 0.0543. The second-order valence-electron chi connectivity index (χ2n) is 10.1. The SMILES string of the molecule is CCC(C)C(NC(=O)C(Cc1cnc[nH]1)NC(=O)C(N)CCSC)C(=O)NC(Cc1c[nH]c2ccccc12)C(=O)O. The summed E-state index contributed by atoms with van der Waals surface area (Å²) in [6, 6.07) is 3.40. The van der Waals surface area contributed by atoms with Crippen LogP contribution < -0.4 is 21.7 Å². The van der Waals surface area contributed by atoms with Gasteiger partial charge in [0.05, 0.1) is 12.4 Å². The Balaban J connectivity index is 1.76. The van der Waals surface area contributed by atoms with Crippen molar-refractivity contribution in [2.45, 2.75) is 63.7 Å². The van der Waals surface area contributed by atoms with Crippen LogP contribution in [0.2, 0.25) is 0 Å². The molecule has 0 fully saturated rings. The molecule has 2 heterocycles. The number of aromatic nitrogens is 3. The monoisotopic (exact) mass is 585 g/mol. The van der Waals surface area contributed by atoms with Gasteiger partial charge in [0.1, 0.15) is 18.1 Å². The van der Waals surface area contributed by atoms with Gasteiger partial charge in [-0.2, -0.15) is 11.8 Å². The van der Waals surface area contributed by atoms with Crippen LogP contribution in [0.5, 0.6) is 0 Å². The first-order valence-corrected chi connectivity index (χ1v) is 14.9. The molecule has 222 valence electrons. The lowest BCUT2D eigenvalue weighted by molar-refractivity contribution is -0.142. The number of amides is 3. The third kappa shape index (κ3) is 8.82. The Hall–Kier alpha value is -3.84. The number of para-hydroxylation sites is 1. The number of nitrogens with zero attached hydrogens (tertiary/aromatic N) is 1. The molecule has 13 heteroatoms. The molecule has 0 bridgehead atoms. The van der Waals surface area contributed by atoms with Crippen molar-refractivity contribution in [1.29, 1.82) is 0 Å². The Morgan fingerprint density at radius 1 is 1.02 bits per heavy atom. The summed E-state index contributed by atoms with van der Waals surface area (Å²) in [5.41, 5.74) is 8.24. The van der Waals surface area contributed by atoms with Crippen LogP contribution in [-0.4, -0.2) is 79.9 Å². The number of aliphatic carboxylic acids is 1. The molecule has 12 nitrogen and oxygen atoms in total. The summed E-state index contributed by atoms with van der Waals surface area (Å²) in [6.45, 7) is 3.66. The molecule has 1 aromatic carbocycles. The lowest BCUT2D eigenvalue weighted by Crippen LogP contribution is -2.59. The summed E-state index contributed by atoms with van der Waals surface area (Å²) in [4.78, 5) is 61.9. The number of carbonyl (C=O) groups is 4. The molecule has 0 radical (unpaired) electrons. The van der Waals surface area contributed by atoms with Crippen LogP contribution in [0.1, 0.15) is 37.9 Å². The normalized spacial score (nSPS) is 14.9. The predicted molar refractivity (Wildman–Crippen MR) is 158 cm³/mol. The van der Waals surface area contributed by atoms with E-state index in [0.717, 1.165) is 16.5 Å². The van der Waals surface area contributed by atoms with E-state index in [-0.39, 0.29) is 18.8 Å². The molecule has 8 N–H and O–H groups in total. The van der Waals surface area contributed by atoms with E-state index in [0.29, 0.717) is 24.3 Å².